The maximum atomic E-state index is 5.94. The maximum absolute atomic E-state index is 5.94. The molecule has 0 bridgehead atoms. The van der Waals surface area contributed by atoms with Crippen LogP contribution in [0.15, 0.2) is 4.99 Å². The van der Waals surface area contributed by atoms with E-state index in [0.717, 1.165) is 25.2 Å². The van der Waals surface area contributed by atoms with Gasteiger partial charge in [0.2, 0.25) is 0 Å². The van der Waals surface area contributed by atoms with Gasteiger partial charge in [-0.25, -0.2) is 0 Å². The molecule has 2 saturated heterocycles. The molecule has 0 aromatic rings. The van der Waals surface area contributed by atoms with Gasteiger partial charge in [0.25, 0.3) is 0 Å². The number of hydrogen-bond donors (Lipinski definition) is 2. The lowest BCUT2D eigenvalue weighted by Gasteiger charge is -2.55. The van der Waals surface area contributed by atoms with E-state index in [1.54, 1.807) is 0 Å². The molecular weight excluding hydrogens is 451 g/mol. The van der Waals surface area contributed by atoms with Crippen LogP contribution in [0.25, 0.3) is 0 Å². The van der Waals surface area contributed by atoms with Crippen molar-refractivity contribution in [3.63, 3.8) is 0 Å². The van der Waals surface area contributed by atoms with Gasteiger partial charge in [-0.1, -0.05) is 26.7 Å². The number of nitrogens with one attached hydrogen (secondary N) is 2. The Balaban J connectivity index is 0.00000210. The fraction of sp³-hybridized carbons (Fsp3) is 0.952. The Morgan fingerprint density at radius 2 is 1.78 bits per heavy atom. The quantitative estimate of drug-likeness (QED) is 0.361. The molecule has 2 heterocycles. The molecule has 4 aliphatic rings. The summed E-state index contributed by atoms with van der Waals surface area (Å²) in [7, 11) is 0. The molecule has 2 saturated carbocycles. The van der Waals surface area contributed by atoms with Crippen molar-refractivity contribution < 1.29 is 4.74 Å². The third-order valence-corrected chi connectivity index (χ3v) is 7.42. The first kappa shape index (κ1) is 21.6. The van der Waals surface area contributed by atoms with Crippen molar-refractivity contribution in [1.29, 1.82) is 0 Å². The van der Waals surface area contributed by atoms with Crippen LogP contribution in [0.1, 0.15) is 65.7 Å². The van der Waals surface area contributed by atoms with Gasteiger partial charge in [-0.15, -0.1) is 24.0 Å². The summed E-state index contributed by atoms with van der Waals surface area (Å²) in [6, 6.07) is 1.91. The van der Waals surface area contributed by atoms with E-state index in [4.69, 9.17) is 9.73 Å². The smallest absolute Gasteiger partial charge is 0.191 e. The van der Waals surface area contributed by atoms with E-state index in [2.05, 4.69) is 36.3 Å². The standard InChI is InChI=1S/C21H38N4O.HI/c1-4-22-20(24-18-17-11-14-26-19(17)21(18,2)3)23-15-9-12-25(13-10-15)16-7-5-6-8-16;/h15-19H,4-14H2,1-3H3,(H2,22,23,24);1H. The summed E-state index contributed by atoms with van der Waals surface area (Å²) in [6.07, 6.45) is 9.80. The highest BCUT2D eigenvalue weighted by atomic mass is 127. The van der Waals surface area contributed by atoms with Crippen molar-refractivity contribution >= 4 is 29.9 Å². The molecule has 4 fully saturated rings. The van der Waals surface area contributed by atoms with Gasteiger partial charge in [-0.05, 0) is 39.0 Å². The molecule has 0 amide bonds. The van der Waals surface area contributed by atoms with Gasteiger partial charge in [0.1, 0.15) is 0 Å². The molecule has 3 unspecified atom stereocenters. The summed E-state index contributed by atoms with van der Waals surface area (Å²) in [6.45, 7) is 11.0. The lowest BCUT2D eigenvalue weighted by atomic mass is 9.57. The fourth-order valence-electron chi connectivity index (χ4n) is 5.93. The van der Waals surface area contributed by atoms with E-state index in [-0.39, 0.29) is 29.4 Å². The minimum Gasteiger partial charge on any atom is -0.377 e. The van der Waals surface area contributed by atoms with E-state index >= 15 is 0 Å². The van der Waals surface area contributed by atoms with Gasteiger partial charge in [0.15, 0.2) is 5.96 Å². The maximum Gasteiger partial charge on any atom is 0.191 e. The average molecular weight is 490 g/mol. The molecule has 0 spiro atoms. The van der Waals surface area contributed by atoms with Gasteiger partial charge in [-0.3, -0.25) is 4.99 Å². The molecule has 27 heavy (non-hydrogen) atoms. The summed E-state index contributed by atoms with van der Waals surface area (Å²) in [4.78, 5) is 7.50. The van der Waals surface area contributed by atoms with Crippen molar-refractivity contribution in [2.45, 2.75) is 89.9 Å². The Labute approximate surface area is 182 Å². The van der Waals surface area contributed by atoms with Crippen LogP contribution >= 0.6 is 24.0 Å². The number of ether oxygens (including phenoxy) is 1. The van der Waals surface area contributed by atoms with Crippen LogP contribution in [0, 0.1) is 11.3 Å². The van der Waals surface area contributed by atoms with Crippen LogP contribution in [-0.2, 0) is 4.74 Å². The van der Waals surface area contributed by atoms with Crippen molar-refractivity contribution in [1.82, 2.24) is 15.5 Å². The number of rotatable bonds is 4. The van der Waals surface area contributed by atoms with Crippen LogP contribution in [0.4, 0.5) is 0 Å². The molecule has 6 heteroatoms. The topological polar surface area (TPSA) is 48.9 Å². The van der Waals surface area contributed by atoms with E-state index in [1.807, 2.05) is 0 Å². The Morgan fingerprint density at radius 3 is 2.44 bits per heavy atom. The number of hydrogen-bond acceptors (Lipinski definition) is 3. The van der Waals surface area contributed by atoms with Gasteiger partial charge < -0.3 is 20.3 Å². The highest BCUT2D eigenvalue weighted by Gasteiger charge is 2.59. The van der Waals surface area contributed by atoms with Crippen LogP contribution in [0.5, 0.6) is 0 Å². The van der Waals surface area contributed by atoms with Crippen molar-refractivity contribution in [3.05, 3.63) is 0 Å². The minimum atomic E-state index is 0. The zero-order valence-corrected chi connectivity index (χ0v) is 19.7. The lowest BCUT2D eigenvalue weighted by molar-refractivity contribution is -0.106. The lowest BCUT2D eigenvalue weighted by Crippen LogP contribution is -2.68. The predicted molar refractivity (Wildman–Crippen MR) is 122 cm³/mol. The summed E-state index contributed by atoms with van der Waals surface area (Å²) < 4.78 is 5.94. The summed E-state index contributed by atoms with van der Waals surface area (Å²) in [5, 5.41) is 7.53. The average Bonchev–Trinajstić information content (AvgIpc) is 3.31. The first-order valence-corrected chi connectivity index (χ1v) is 11.0. The van der Waals surface area contributed by atoms with E-state index in [1.165, 1.54) is 58.0 Å². The van der Waals surface area contributed by atoms with Gasteiger partial charge >= 0.3 is 0 Å². The molecule has 5 nitrogen and oxygen atoms in total. The van der Waals surface area contributed by atoms with Crippen molar-refractivity contribution in [2.24, 2.45) is 16.3 Å². The fourth-order valence-corrected chi connectivity index (χ4v) is 5.93. The van der Waals surface area contributed by atoms with Crippen molar-refractivity contribution in [2.75, 3.05) is 26.2 Å². The second-order valence-corrected chi connectivity index (χ2v) is 9.40. The Kier molecular flexibility index (Phi) is 7.34. The predicted octanol–water partition coefficient (Wildman–Crippen LogP) is 3.38. The third-order valence-electron chi connectivity index (χ3n) is 7.42. The molecule has 0 aromatic carbocycles. The van der Waals surface area contributed by atoms with Crippen LogP contribution < -0.4 is 10.6 Å². The monoisotopic (exact) mass is 490 g/mol. The molecule has 2 N–H and O–H groups in total. The molecule has 0 radical (unpaired) electrons. The largest absolute Gasteiger partial charge is 0.377 e. The molecule has 3 atom stereocenters. The number of likely N-dealkylation sites (tertiary alicyclic amines) is 1. The van der Waals surface area contributed by atoms with Gasteiger partial charge in [0, 0.05) is 55.7 Å². The number of aliphatic imine (C=N–C) groups is 1. The first-order chi connectivity index (χ1) is 12.6. The zero-order valence-electron chi connectivity index (χ0n) is 17.4. The first-order valence-electron chi connectivity index (χ1n) is 11.0. The number of piperidine rings is 1. The molecule has 2 aliphatic heterocycles. The van der Waals surface area contributed by atoms with E-state index in [9.17, 15) is 0 Å². The Morgan fingerprint density at radius 1 is 1.07 bits per heavy atom. The number of guanidine groups is 1. The van der Waals surface area contributed by atoms with E-state index in [0.29, 0.717) is 24.1 Å². The Hall–Kier alpha value is -0.0800. The van der Waals surface area contributed by atoms with Gasteiger partial charge in [-0.2, -0.15) is 0 Å². The third kappa shape index (κ3) is 4.42. The molecular formula is C21H39IN4O. The minimum absolute atomic E-state index is 0. The second-order valence-electron chi connectivity index (χ2n) is 9.40. The molecule has 0 aromatic heterocycles. The normalized spacial score (nSPS) is 34.6. The van der Waals surface area contributed by atoms with Crippen LogP contribution in [-0.4, -0.2) is 61.3 Å². The van der Waals surface area contributed by atoms with Crippen LogP contribution in [0.2, 0.25) is 0 Å². The molecule has 156 valence electrons. The molecule has 4 rings (SSSR count). The SMILES string of the molecule is CCN=C(NC1CCN(C2CCCC2)CC1)NC1C2CCOC2C1(C)C.I. The number of fused-ring (bicyclic) bond motifs is 1. The van der Waals surface area contributed by atoms with Crippen LogP contribution in [0.3, 0.4) is 0 Å². The highest BCUT2D eigenvalue weighted by Crippen LogP contribution is 2.52. The summed E-state index contributed by atoms with van der Waals surface area (Å²) in [5.41, 5.74) is 0.198. The number of nitrogens with zero attached hydrogens (tertiary/aromatic N) is 2. The number of halogens is 1. The van der Waals surface area contributed by atoms with Crippen molar-refractivity contribution in [3.8, 4) is 0 Å². The molecule has 2 aliphatic carbocycles. The van der Waals surface area contributed by atoms with E-state index < -0.39 is 0 Å². The zero-order chi connectivity index (χ0) is 18.1. The second kappa shape index (κ2) is 9.16. The summed E-state index contributed by atoms with van der Waals surface area (Å²) in [5.74, 6) is 1.67. The highest BCUT2D eigenvalue weighted by molar-refractivity contribution is 14.0. The summed E-state index contributed by atoms with van der Waals surface area (Å²) >= 11 is 0. The Bertz CT molecular complexity index is 512. The van der Waals surface area contributed by atoms with Gasteiger partial charge in [0.05, 0.1) is 6.10 Å².